The molecule has 6 rings (SSSR count). The lowest BCUT2D eigenvalue weighted by atomic mass is 10.0. The van der Waals surface area contributed by atoms with Gasteiger partial charge in [-0.2, -0.15) is 21.4 Å². The van der Waals surface area contributed by atoms with Crippen molar-refractivity contribution in [1.82, 2.24) is 4.57 Å². The summed E-state index contributed by atoms with van der Waals surface area (Å²) in [6.45, 7) is 0.518. The van der Waals surface area contributed by atoms with Gasteiger partial charge < -0.3 is 14.2 Å². The fourth-order valence-electron chi connectivity index (χ4n) is 6.71. The van der Waals surface area contributed by atoms with E-state index in [0.717, 1.165) is 0 Å². The summed E-state index contributed by atoms with van der Waals surface area (Å²) in [5.41, 5.74) is 2.59. The molecule has 0 atom stereocenters. The number of aromatic nitrogens is 1. The Balaban J connectivity index is 1.34. The first-order chi connectivity index (χ1) is 24.6. The van der Waals surface area contributed by atoms with Crippen LogP contribution >= 0.6 is 0 Å². The highest BCUT2D eigenvalue weighted by atomic mass is 32.2. The molecule has 16 heteroatoms. The van der Waals surface area contributed by atoms with Crippen LogP contribution in [0.4, 0.5) is 5.69 Å². The summed E-state index contributed by atoms with van der Waals surface area (Å²) in [6, 6.07) is 15.7. The number of nitrogens with zero attached hydrogens (tertiary/aromatic N) is 2. The summed E-state index contributed by atoms with van der Waals surface area (Å²) in [6.07, 6.45) is 12.7. The minimum absolute atomic E-state index is 0.0700. The maximum Gasteiger partial charge on any atom is 0.303 e. The second-order valence-electron chi connectivity index (χ2n) is 12.1. The Morgan fingerprint density at radius 1 is 0.769 bits per heavy atom. The largest absolute Gasteiger partial charge is 0.744 e. The lowest BCUT2D eigenvalue weighted by Crippen LogP contribution is -2.17. The summed E-state index contributed by atoms with van der Waals surface area (Å²) >= 11 is 0. The van der Waals surface area contributed by atoms with Crippen molar-refractivity contribution in [2.75, 3.05) is 12.3 Å². The van der Waals surface area contributed by atoms with Crippen LogP contribution in [0.2, 0.25) is 0 Å². The molecule has 0 saturated carbocycles. The number of carbonyl (C=O) groups is 1. The highest BCUT2D eigenvalue weighted by Gasteiger charge is 2.33. The van der Waals surface area contributed by atoms with Crippen molar-refractivity contribution in [2.45, 2.75) is 35.6 Å². The van der Waals surface area contributed by atoms with Crippen molar-refractivity contribution < 1.29 is 53.4 Å². The van der Waals surface area contributed by atoms with Gasteiger partial charge in [0.15, 0.2) is 6.54 Å². The Hall–Kier alpha value is -4.97. The molecule has 0 spiro atoms. The summed E-state index contributed by atoms with van der Waals surface area (Å²) in [4.78, 5) is 10.6. The number of carboxylic acids is 1. The molecule has 1 aliphatic heterocycles. The zero-order valence-corrected chi connectivity index (χ0v) is 29.7. The van der Waals surface area contributed by atoms with Crippen LogP contribution in [0.5, 0.6) is 0 Å². The monoisotopic (exact) mass is 764 g/mol. The number of aliphatic carboxylic acids is 1. The van der Waals surface area contributed by atoms with E-state index in [1.165, 1.54) is 12.1 Å². The summed E-state index contributed by atoms with van der Waals surface area (Å²) in [7, 11) is -13.5. The van der Waals surface area contributed by atoms with E-state index in [1.807, 2.05) is 15.2 Å². The Kier molecular flexibility index (Phi) is 10.1. The Morgan fingerprint density at radius 2 is 1.42 bits per heavy atom. The Morgan fingerprint density at radius 3 is 2.12 bits per heavy atom. The van der Waals surface area contributed by atoms with Crippen molar-refractivity contribution in [2.24, 2.45) is 0 Å². The predicted molar refractivity (Wildman–Crippen MR) is 195 cm³/mol. The lowest BCUT2D eigenvalue weighted by Gasteiger charge is -2.11. The molecule has 1 aromatic heterocycles. The average Bonchev–Trinajstić information content (AvgIpc) is 3.52. The number of carboxylic acid groups (broad SMARTS) is 1. The minimum Gasteiger partial charge on any atom is -0.744 e. The molecule has 270 valence electrons. The van der Waals surface area contributed by atoms with Gasteiger partial charge in [0.05, 0.1) is 21.6 Å². The van der Waals surface area contributed by atoms with Crippen LogP contribution in [0.15, 0.2) is 107 Å². The van der Waals surface area contributed by atoms with Gasteiger partial charge >= 0.3 is 5.97 Å². The molecule has 0 aliphatic carbocycles. The van der Waals surface area contributed by atoms with E-state index >= 15 is 0 Å². The summed E-state index contributed by atoms with van der Waals surface area (Å²) in [5.74, 6) is -1.42. The van der Waals surface area contributed by atoms with E-state index in [1.54, 1.807) is 85.0 Å². The molecule has 0 amide bonds. The number of hydrogen-bond donors (Lipinski definition) is 3. The molecule has 0 saturated heterocycles. The summed E-state index contributed by atoms with van der Waals surface area (Å²) in [5, 5.41) is 12.3. The smallest absolute Gasteiger partial charge is 0.303 e. The van der Waals surface area contributed by atoms with Crippen LogP contribution in [-0.2, 0) is 41.7 Å². The number of allylic oxidation sites excluding steroid dienone is 6. The molecule has 4 aromatic carbocycles. The van der Waals surface area contributed by atoms with Crippen molar-refractivity contribution >= 4 is 86.2 Å². The van der Waals surface area contributed by atoms with E-state index in [2.05, 4.69) is 0 Å². The molecule has 13 nitrogen and oxygen atoms in total. The number of aryl methyl sites for hydroxylation is 1. The van der Waals surface area contributed by atoms with E-state index in [0.29, 0.717) is 62.3 Å². The van der Waals surface area contributed by atoms with E-state index < -0.39 is 42.1 Å². The highest BCUT2D eigenvalue weighted by Crippen LogP contribution is 2.39. The zero-order chi connectivity index (χ0) is 37.4. The van der Waals surface area contributed by atoms with Gasteiger partial charge in [-0.1, -0.05) is 60.7 Å². The van der Waals surface area contributed by atoms with Crippen LogP contribution < -0.4 is 5.35 Å². The molecule has 3 N–H and O–H groups in total. The second kappa shape index (κ2) is 14.2. The maximum absolute atomic E-state index is 12.1. The van der Waals surface area contributed by atoms with Gasteiger partial charge in [-0.05, 0) is 36.8 Å². The minimum atomic E-state index is -4.75. The van der Waals surface area contributed by atoms with Gasteiger partial charge in [-0.25, -0.2) is 8.42 Å². The molecule has 0 fully saturated rings. The van der Waals surface area contributed by atoms with Crippen LogP contribution in [-0.4, -0.2) is 77.1 Å². The Labute approximate surface area is 299 Å². The molecule has 5 aromatic rings. The zero-order valence-electron chi connectivity index (χ0n) is 27.3. The Bertz CT molecular complexity index is 2800. The third kappa shape index (κ3) is 7.48. The number of hydrogen-bond acceptors (Lipinski definition) is 8. The quantitative estimate of drug-likeness (QED) is 0.0811. The van der Waals surface area contributed by atoms with Gasteiger partial charge in [0.2, 0.25) is 11.4 Å². The van der Waals surface area contributed by atoms with Crippen molar-refractivity contribution in [3.63, 3.8) is 0 Å². The number of rotatable bonds is 14. The summed E-state index contributed by atoms with van der Waals surface area (Å²) < 4.78 is 106. The maximum atomic E-state index is 12.1. The fourth-order valence-corrected chi connectivity index (χ4v) is 8.57. The van der Waals surface area contributed by atoms with Gasteiger partial charge in [-0.3, -0.25) is 13.9 Å². The SMILES string of the molecule is O=C(O)CCCn1c(=CC=CC=CC=CC2=[N+](CCCS(=O)(=O)O)c3ccc(S(=O)(=O)O)c4cccc2c34)c2cccc3c(S(=O)(=O)[O-])ccc1c32. The van der Waals surface area contributed by atoms with Crippen LogP contribution in [0.3, 0.4) is 0 Å². The van der Waals surface area contributed by atoms with Crippen LogP contribution in [0.1, 0.15) is 24.8 Å². The molecule has 0 bridgehead atoms. The van der Waals surface area contributed by atoms with E-state index in [-0.39, 0.29) is 34.6 Å². The van der Waals surface area contributed by atoms with Crippen molar-refractivity contribution in [1.29, 1.82) is 0 Å². The van der Waals surface area contributed by atoms with Crippen molar-refractivity contribution in [3.05, 3.63) is 108 Å². The molecule has 0 unspecified atom stereocenters. The topological polar surface area (TPSA) is 211 Å². The van der Waals surface area contributed by atoms with Crippen LogP contribution in [0.25, 0.3) is 38.5 Å². The molecular formula is C36H32N2O11S3. The van der Waals surface area contributed by atoms with Gasteiger partial charge in [0.1, 0.15) is 15.0 Å². The third-order valence-corrected chi connectivity index (χ3v) is 11.3. The van der Waals surface area contributed by atoms with Gasteiger partial charge in [-0.15, -0.1) is 0 Å². The first-order valence-electron chi connectivity index (χ1n) is 15.9. The first kappa shape index (κ1) is 36.8. The highest BCUT2D eigenvalue weighted by molar-refractivity contribution is 7.86. The van der Waals surface area contributed by atoms with Crippen molar-refractivity contribution in [3.8, 4) is 0 Å². The third-order valence-electron chi connectivity index (χ3n) is 8.73. The standard InChI is InChI=1S/C36H32N2O11S3/c39-34(40)16-8-21-37-28(24-10-6-12-26-32(51(44,45)46)19-17-30(37)35(24)26)14-4-2-1-3-5-15-29-25-11-7-13-27-33(52(47,48)49)20-18-31(36(25)27)38(29)22-9-23-50(41,42)43/h1-7,10-15,17-20H,8-9,16,21-23H2,(H3-,39,40,41,42,43,44,45,46,47,48,49). The number of benzene rings is 4. The van der Waals surface area contributed by atoms with Gasteiger partial charge in [0, 0.05) is 63.9 Å². The van der Waals surface area contributed by atoms with E-state index in [4.69, 9.17) is 0 Å². The molecular weight excluding hydrogens is 733 g/mol. The van der Waals surface area contributed by atoms with E-state index in [9.17, 15) is 48.8 Å². The molecule has 1 aliphatic rings. The molecule has 52 heavy (non-hydrogen) atoms. The predicted octanol–water partition coefficient (Wildman–Crippen LogP) is 4.56. The average molecular weight is 765 g/mol. The fraction of sp³-hybridized carbons (Fsp3) is 0.167. The lowest BCUT2D eigenvalue weighted by molar-refractivity contribution is -0.435. The normalized spacial score (nSPS) is 14.6. The second-order valence-corrected chi connectivity index (χ2v) is 16.4. The first-order valence-corrected chi connectivity index (χ1v) is 20.4. The molecule has 0 radical (unpaired) electrons. The molecule has 2 heterocycles. The van der Waals surface area contributed by atoms with Crippen LogP contribution in [0, 0.1) is 0 Å². The van der Waals surface area contributed by atoms with Gasteiger partial charge in [0.25, 0.3) is 20.2 Å².